The summed E-state index contributed by atoms with van der Waals surface area (Å²) in [6, 6.07) is 9.73. The maximum Gasteiger partial charge on any atom is 0.220 e. The van der Waals surface area contributed by atoms with Crippen molar-refractivity contribution in [1.82, 2.24) is 10.6 Å². The van der Waals surface area contributed by atoms with E-state index in [-0.39, 0.29) is 18.6 Å². The zero-order valence-corrected chi connectivity index (χ0v) is 11.1. The molecule has 4 heteroatoms. The van der Waals surface area contributed by atoms with E-state index in [9.17, 15) is 9.90 Å². The van der Waals surface area contributed by atoms with Gasteiger partial charge in [-0.15, -0.1) is 0 Å². The van der Waals surface area contributed by atoms with Crippen molar-refractivity contribution in [3.05, 3.63) is 35.9 Å². The van der Waals surface area contributed by atoms with E-state index >= 15 is 0 Å². The molecule has 3 N–H and O–H groups in total. The van der Waals surface area contributed by atoms with Crippen LogP contribution in [0.25, 0.3) is 0 Å². The van der Waals surface area contributed by atoms with Crippen molar-refractivity contribution in [2.75, 3.05) is 19.7 Å². The van der Waals surface area contributed by atoms with Crippen molar-refractivity contribution < 1.29 is 9.90 Å². The fraction of sp³-hybridized carbons (Fsp3) is 0.533. The highest BCUT2D eigenvalue weighted by Crippen LogP contribution is 2.12. The third-order valence-electron chi connectivity index (χ3n) is 3.55. The van der Waals surface area contributed by atoms with E-state index in [4.69, 9.17) is 0 Å². The number of carbonyl (C=O) groups is 1. The highest BCUT2D eigenvalue weighted by molar-refractivity contribution is 5.76. The third kappa shape index (κ3) is 4.65. The summed E-state index contributed by atoms with van der Waals surface area (Å²) in [6.45, 7) is 1.91. The van der Waals surface area contributed by atoms with Gasteiger partial charge in [-0.25, -0.2) is 0 Å². The number of aliphatic hydroxyl groups is 1. The fourth-order valence-electron chi connectivity index (χ4n) is 2.50. The molecule has 4 nitrogen and oxygen atoms in total. The summed E-state index contributed by atoms with van der Waals surface area (Å²) in [4.78, 5) is 11.9. The van der Waals surface area contributed by atoms with Crippen molar-refractivity contribution in [3.63, 3.8) is 0 Å². The Bertz CT molecular complexity index is 388. The minimum absolute atomic E-state index is 0.0243. The maximum atomic E-state index is 11.9. The average molecular weight is 262 g/mol. The lowest BCUT2D eigenvalue weighted by atomic mass is 10.0. The molecule has 2 rings (SSSR count). The smallest absolute Gasteiger partial charge is 0.220 e. The Hall–Kier alpha value is -1.39. The molecular weight excluding hydrogens is 240 g/mol. The molecule has 0 spiro atoms. The lowest BCUT2D eigenvalue weighted by Crippen LogP contribution is -2.39. The van der Waals surface area contributed by atoms with E-state index in [0.717, 1.165) is 25.1 Å². The van der Waals surface area contributed by atoms with E-state index in [2.05, 4.69) is 10.6 Å². The van der Waals surface area contributed by atoms with Crippen molar-refractivity contribution in [3.8, 4) is 0 Å². The molecule has 1 aliphatic heterocycles. The minimum atomic E-state index is -0.190. The van der Waals surface area contributed by atoms with Gasteiger partial charge in [0.25, 0.3) is 0 Å². The molecule has 1 fully saturated rings. The van der Waals surface area contributed by atoms with Gasteiger partial charge in [0.1, 0.15) is 0 Å². The topological polar surface area (TPSA) is 61.4 Å². The normalized spacial score (nSPS) is 20.2. The second-order valence-electron chi connectivity index (χ2n) is 5.20. The summed E-state index contributed by atoms with van der Waals surface area (Å²) in [5.74, 6) is 0.486. The SMILES string of the molecule is O=C(CC1CCNC1)N[C@@H](CO)Cc1ccccc1. The van der Waals surface area contributed by atoms with Gasteiger partial charge >= 0.3 is 0 Å². The highest BCUT2D eigenvalue weighted by atomic mass is 16.3. The Morgan fingerprint density at radius 1 is 1.42 bits per heavy atom. The van der Waals surface area contributed by atoms with Gasteiger partial charge in [-0.1, -0.05) is 30.3 Å². The lowest BCUT2D eigenvalue weighted by Gasteiger charge is -2.17. The molecule has 0 aromatic heterocycles. The van der Waals surface area contributed by atoms with E-state index in [1.54, 1.807) is 0 Å². The van der Waals surface area contributed by atoms with Crippen LogP contribution in [0.3, 0.4) is 0 Å². The van der Waals surface area contributed by atoms with E-state index in [1.165, 1.54) is 0 Å². The van der Waals surface area contributed by atoms with Crippen molar-refractivity contribution >= 4 is 5.91 Å². The number of hydrogen-bond donors (Lipinski definition) is 3. The van der Waals surface area contributed by atoms with Crippen LogP contribution in [0.5, 0.6) is 0 Å². The molecule has 104 valence electrons. The monoisotopic (exact) mass is 262 g/mol. The molecule has 0 radical (unpaired) electrons. The first kappa shape index (κ1) is 14.0. The zero-order valence-electron chi connectivity index (χ0n) is 11.1. The number of benzene rings is 1. The molecule has 0 bridgehead atoms. The van der Waals surface area contributed by atoms with Crippen LogP contribution in [0.4, 0.5) is 0 Å². The van der Waals surface area contributed by atoms with Crippen LogP contribution in [0, 0.1) is 5.92 Å². The molecule has 1 amide bonds. The number of aliphatic hydroxyl groups excluding tert-OH is 1. The maximum absolute atomic E-state index is 11.9. The third-order valence-corrected chi connectivity index (χ3v) is 3.55. The van der Waals surface area contributed by atoms with E-state index in [0.29, 0.717) is 18.8 Å². The lowest BCUT2D eigenvalue weighted by molar-refractivity contribution is -0.122. The second-order valence-corrected chi connectivity index (χ2v) is 5.20. The van der Waals surface area contributed by atoms with Crippen LogP contribution in [0.15, 0.2) is 30.3 Å². The zero-order chi connectivity index (χ0) is 13.5. The predicted octanol–water partition coefficient (Wildman–Crippen LogP) is 0.706. The van der Waals surface area contributed by atoms with Crippen LogP contribution >= 0.6 is 0 Å². The Morgan fingerprint density at radius 2 is 2.21 bits per heavy atom. The molecule has 0 saturated carbocycles. The molecule has 1 aromatic carbocycles. The summed E-state index contributed by atoms with van der Waals surface area (Å²) in [5.41, 5.74) is 1.13. The number of carbonyl (C=O) groups excluding carboxylic acids is 1. The molecule has 1 aliphatic rings. The Labute approximate surface area is 114 Å². The second kappa shape index (κ2) is 7.26. The van der Waals surface area contributed by atoms with Gasteiger partial charge in [-0.2, -0.15) is 0 Å². The van der Waals surface area contributed by atoms with Gasteiger partial charge in [-0.05, 0) is 37.4 Å². The first-order valence-corrected chi connectivity index (χ1v) is 6.93. The average Bonchev–Trinajstić information content (AvgIpc) is 2.92. The van der Waals surface area contributed by atoms with Crippen LogP contribution in [0.2, 0.25) is 0 Å². The van der Waals surface area contributed by atoms with E-state index < -0.39 is 0 Å². The first-order chi connectivity index (χ1) is 9.28. The number of hydrogen-bond acceptors (Lipinski definition) is 3. The van der Waals surface area contributed by atoms with Gasteiger partial charge in [0.05, 0.1) is 12.6 Å². The molecule has 19 heavy (non-hydrogen) atoms. The van der Waals surface area contributed by atoms with Gasteiger partial charge in [0.2, 0.25) is 5.91 Å². The van der Waals surface area contributed by atoms with Crippen molar-refractivity contribution in [2.45, 2.75) is 25.3 Å². The largest absolute Gasteiger partial charge is 0.394 e. The Kier molecular flexibility index (Phi) is 5.36. The minimum Gasteiger partial charge on any atom is -0.394 e. The molecule has 1 heterocycles. The molecule has 1 aromatic rings. The van der Waals surface area contributed by atoms with Crippen LogP contribution in [-0.4, -0.2) is 36.8 Å². The van der Waals surface area contributed by atoms with E-state index in [1.807, 2.05) is 30.3 Å². The fourth-order valence-corrected chi connectivity index (χ4v) is 2.50. The van der Waals surface area contributed by atoms with Gasteiger partial charge in [-0.3, -0.25) is 4.79 Å². The van der Waals surface area contributed by atoms with Gasteiger partial charge in [0.15, 0.2) is 0 Å². The standard InChI is InChI=1S/C15H22N2O2/c18-11-14(8-12-4-2-1-3-5-12)17-15(19)9-13-6-7-16-10-13/h1-5,13-14,16,18H,6-11H2,(H,17,19)/t13?,14-/m1/s1. The summed E-state index contributed by atoms with van der Waals surface area (Å²) in [6.07, 6.45) is 2.29. The van der Waals surface area contributed by atoms with Crippen molar-refractivity contribution in [1.29, 1.82) is 0 Å². The number of rotatable bonds is 6. The number of amides is 1. The summed E-state index contributed by atoms with van der Waals surface area (Å²) in [5, 5.41) is 15.6. The summed E-state index contributed by atoms with van der Waals surface area (Å²) in [7, 11) is 0. The first-order valence-electron chi connectivity index (χ1n) is 6.93. The molecule has 0 aliphatic carbocycles. The number of nitrogens with one attached hydrogen (secondary N) is 2. The quantitative estimate of drug-likeness (QED) is 0.707. The van der Waals surface area contributed by atoms with Crippen LogP contribution in [0.1, 0.15) is 18.4 Å². The summed E-state index contributed by atoms with van der Waals surface area (Å²) < 4.78 is 0. The van der Waals surface area contributed by atoms with Gasteiger partial charge < -0.3 is 15.7 Å². The molecule has 2 atom stereocenters. The van der Waals surface area contributed by atoms with Crippen molar-refractivity contribution in [2.24, 2.45) is 5.92 Å². The predicted molar refractivity (Wildman–Crippen MR) is 74.8 cm³/mol. The molecule has 1 saturated heterocycles. The van der Waals surface area contributed by atoms with Crippen LogP contribution < -0.4 is 10.6 Å². The molecular formula is C15H22N2O2. The summed E-state index contributed by atoms with van der Waals surface area (Å²) >= 11 is 0. The van der Waals surface area contributed by atoms with Crippen LogP contribution in [-0.2, 0) is 11.2 Å². The Balaban J connectivity index is 1.79. The highest BCUT2D eigenvalue weighted by Gasteiger charge is 2.19. The Morgan fingerprint density at radius 3 is 2.84 bits per heavy atom. The van der Waals surface area contributed by atoms with Gasteiger partial charge in [0, 0.05) is 6.42 Å². The molecule has 1 unspecified atom stereocenters.